The number of carboxylic acid groups (broad SMARTS) is 1. The maximum absolute atomic E-state index is 12.7. The van der Waals surface area contributed by atoms with Crippen LogP contribution in [0.25, 0.3) is 10.8 Å². The zero-order valence-electron chi connectivity index (χ0n) is 12.6. The van der Waals surface area contributed by atoms with E-state index in [4.69, 9.17) is 0 Å². The molecule has 0 heterocycles. The van der Waals surface area contributed by atoms with Gasteiger partial charge < -0.3 is 5.11 Å². The molecule has 0 radical (unpaired) electrons. The van der Waals surface area contributed by atoms with Gasteiger partial charge in [0.15, 0.2) is 0 Å². The van der Waals surface area contributed by atoms with E-state index in [1.807, 2.05) is 18.2 Å². The highest BCUT2D eigenvalue weighted by Crippen LogP contribution is 2.55. The van der Waals surface area contributed by atoms with Crippen LogP contribution in [0.2, 0.25) is 0 Å². The van der Waals surface area contributed by atoms with Gasteiger partial charge in [0.1, 0.15) is 0 Å². The molecule has 24 heavy (non-hydrogen) atoms. The van der Waals surface area contributed by atoms with E-state index in [0.29, 0.717) is 6.42 Å². The maximum Gasteiger partial charge on any atom is 0.306 e. The molecule has 2 aromatic rings. The Bertz CT molecular complexity index is 943. The first kappa shape index (κ1) is 16.1. The van der Waals surface area contributed by atoms with Crippen molar-refractivity contribution in [1.82, 2.24) is 4.72 Å². The number of aliphatic carboxylic acids is 1. The standard InChI is InChI=1S/C17H16BrNO4S/c18-11-3-1-10-6-12(4-2-9(10)5-11)24(22,23)19-16-8-15(17(20)21)13-7-14(13)16/h1-6,13-16,19H,7-8H2,(H,20,21)/t13-,14+,15-,16+/m1/s1. The minimum absolute atomic E-state index is 0.129. The van der Waals surface area contributed by atoms with Crippen LogP contribution < -0.4 is 4.72 Å². The third-order valence-electron chi connectivity index (χ3n) is 5.14. The van der Waals surface area contributed by atoms with E-state index >= 15 is 0 Å². The van der Waals surface area contributed by atoms with Crippen LogP contribution in [-0.4, -0.2) is 25.5 Å². The number of halogens is 1. The molecule has 0 aromatic heterocycles. The van der Waals surface area contributed by atoms with E-state index in [2.05, 4.69) is 20.7 Å². The lowest BCUT2D eigenvalue weighted by molar-refractivity contribution is -0.142. The molecule has 2 fully saturated rings. The van der Waals surface area contributed by atoms with Crippen molar-refractivity contribution in [3.05, 3.63) is 40.9 Å². The highest BCUT2D eigenvalue weighted by molar-refractivity contribution is 9.10. The van der Waals surface area contributed by atoms with E-state index in [1.165, 1.54) is 0 Å². The molecule has 0 bridgehead atoms. The van der Waals surface area contributed by atoms with Crippen LogP contribution >= 0.6 is 15.9 Å². The van der Waals surface area contributed by atoms with Gasteiger partial charge in [-0.05, 0) is 59.7 Å². The number of benzene rings is 2. The zero-order chi connectivity index (χ0) is 17.1. The highest BCUT2D eigenvalue weighted by atomic mass is 79.9. The topological polar surface area (TPSA) is 83.5 Å². The molecule has 0 saturated heterocycles. The Morgan fingerprint density at radius 3 is 2.50 bits per heavy atom. The highest BCUT2D eigenvalue weighted by Gasteiger charge is 2.57. The summed E-state index contributed by atoms with van der Waals surface area (Å²) in [6.07, 6.45) is 1.18. The quantitative estimate of drug-likeness (QED) is 0.812. The van der Waals surface area contributed by atoms with Gasteiger partial charge in [0.05, 0.1) is 10.8 Å². The number of rotatable bonds is 4. The molecule has 0 spiro atoms. The van der Waals surface area contributed by atoms with Crippen molar-refractivity contribution in [2.75, 3.05) is 0 Å². The molecule has 2 saturated carbocycles. The smallest absolute Gasteiger partial charge is 0.306 e. The fraction of sp³-hybridized carbons (Fsp3) is 0.353. The molecule has 4 atom stereocenters. The largest absolute Gasteiger partial charge is 0.481 e. The normalized spacial score (nSPS) is 28.7. The summed E-state index contributed by atoms with van der Waals surface area (Å²) in [6, 6.07) is 10.4. The molecular formula is C17H16BrNO4S. The second-order valence-corrected chi connectivity index (χ2v) is 9.25. The van der Waals surface area contributed by atoms with Crippen LogP contribution in [0.5, 0.6) is 0 Å². The first-order valence-corrected chi connectivity index (χ1v) is 10.1. The van der Waals surface area contributed by atoms with E-state index < -0.39 is 21.9 Å². The van der Waals surface area contributed by atoms with Gasteiger partial charge in [0.2, 0.25) is 10.0 Å². The summed E-state index contributed by atoms with van der Waals surface area (Å²) in [6.45, 7) is 0. The van der Waals surface area contributed by atoms with Crippen molar-refractivity contribution in [2.45, 2.75) is 23.8 Å². The molecule has 0 unspecified atom stereocenters. The van der Waals surface area contributed by atoms with Gasteiger partial charge in [0.25, 0.3) is 0 Å². The predicted octanol–water partition coefficient (Wildman–Crippen LogP) is 2.99. The van der Waals surface area contributed by atoms with Gasteiger partial charge >= 0.3 is 5.97 Å². The monoisotopic (exact) mass is 409 g/mol. The predicted molar refractivity (Wildman–Crippen MR) is 93.1 cm³/mol. The van der Waals surface area contributed by atoms with Crippen molar-refractivity contribution in [1.29, 1.82) is 0 Å². The molecule has 0 amide bonds. The SMILES string of the molecule is O=C(O)[C@@H]1C[C@H](NS(=O)(=O)c2ccc3cc(Br)ccc3c2)[C@H]2C[C@H]21. The van der Waals surface area contributed by atoms with Crippen molar-refractivity contribution < 1.29 is 18.3 Å². The van der Waals surface area contributed by atoms with Crippen LogP contribution in [0.3, 0.4) is 0 Å². The Kier molecular flexibility index (Phi) is 3.71. The van der Waals surface area contributed by atoms with Crippen LogP contribution in [0.4, 0.5) is 0 Å². The Balaban J connectivity index is 1.59. The fourth-order valence-corrected chi connectivity index (χ4v) is 5.55. The Morgan fingerprint density at radius 1 is 1.08 bits per heavy atom. The summed E-state index contributed by atoms with van der Waals surface area (Å²) in [5.74, 6) is -0.946. The summed E-state index contributed by atoms with van der Waals surface area (Å²) in [4.78, 5) is 11.4. The minimum atomic E-state index is -3.66. The summed E-state index contributed by atoms with van der Waals surface area (Å²) < 4.78 is 29.0. The third-order valence-corrected chi connectivity index (χ3v) is 7.12. The molecule has 0 aliphatic heterocycles. The summed E-state index contributed by atoms with van der Waals surface area (Å²) in [5, 5.41) is 11.0. The van der Waals surface area contributed by atoms with E-state index in [9.17, 15) is 18.3 Å². The number of nitrogens with one attached hydrogen (secondary N) is 1. The van der Waals surface area contributed by atoms with Crippen LogP contribution in [0, 0.1) is 17.8 Å². The van der Waals surface area contributed by atoms with E-state index in [0.717, 1.165) is 21.7 Å². The van der Waals surface area contributed by atoms with Crippen molar-refractivity contribution in [3.8, 4) is 0 Å². The van der Waals surface area contributed by atoms with Gasteiger partial charge in [-0.2, -0.15) is 0 Å². The number of sulfonamides is 1. The summed E-state index contributed by atoms with van der Waals surface area (Å²) in [5.41, 5.74) is 0. The maximum atomic E-state index is 12.7. The van der Waals surface area contributed by atoms with E-state index in [-0.39, 0.29) is 22.8 Å². The minimum Gasteiger partial charge on any atom is -0.481 e. The summed E-state index contributed by atoms with van der Waals surface area (Å²) in [7, 11) is -3.66. The van der Waals surface area contributed by atoms with Crippen LogP contribution in [-0.2, 0) is 14.8 Å². The molecule has 4 rings (SSSR count). The average molecular weight is 410 g/mol. The Hall–Kier alpha value is -1.44. The third kappa shape index (κ3) is 2.74. The lowest BCUT2D eigenvalue weighted by Crippen LogP contribution is -2.36. The number of hydrogen-bond donors (Lipinski definition) is 2. The van der Waals surface area contributed by atoms with Crippen LogP contribution in [0.1, 0.15) is 12.8 Å². The number of carbonyl (C=O) groups is 1. The molecule has 5 nitrogen and oxygen atoms in total. The zero-order valence-corrected chi connectivity index (χ0v) is 15.0. The average Bonchev–Trinajstić information content (AvgIpc) is 3.24. The molecule has 126 valence electrons. The molecule has 2 aliphatic rings. The first-order valence-electron chi connectivity index (χ1n) is 7.79. The fourth-order valence-electron chi connectivity index (χ4n) is 3.83. The van der Waals surface area contributed by atoms with Gasteiger partial charge in [-0.1, -0.05) is 28.1 Å². The molecule has 2 aromatic carbocycles. The number of carboxylic acids is 1. The van der Waals surface area contributed by atoms with Crippen LogP contribution in [0.15, 0.2) is 45.8 Å². The summed E-state index contributed by atoms with van der Waals surface area (Å²) >= 11 is 3.40. The Morgan fingerprint density at radius 2 is 1.79 bits per heavy atom. The lowest BCUT2D eigenvalue weighted by atomic mass is 10.0. The van der Waals surface area contributed by atoms with Gasteiger partial charge in [-0.15, -0.1) is 0 Å². The number of hydrogen-bond acceptors (Lipinski definition) is 3. The van der Waals surface area contributed by atoms with Gasteiger partial charge in [-0.3, -0.25) is 4.79 Å². The van der Waals surface area contributed by atoms with Crippen molar-refractivity contribution in [3.63, 3.8) is 0 Å². The van der Waals surface area contributed by atoms with E-state index in [1.54, 1.807) is 18.2 Å². The molecule has 7 heteroatoms. The Labute approximate surface area is 148 Å². The lowest BCUT2D eigenvalue weighted by Gasteiger charge is -2.16. The van der Waals surface area contributed by atoms with Gasteiger partial charge in [-0.25, -0.2) is 13.1 Å². The molecule has 2 N–H and O–H groups in total. The number of fused-ring (bicyclic) bond motifs is 2. The van der Waals surface area contributed by atoms with Crippen molar-refractivity contribution in [2.24, 2.45) is 17.8 Å². The van der Waals surface area contributed by atoms with Crippen molar-refractivity contribution >= 4 is 42.7 Å². The second kappa shape index (κ2) is 5.54. The molecule has 2 aliphatic carbocycles. The van der Waals surface area contributed by atoms with Gasteiger partial charge in [0, 0.05) is 10.5 Å². The second-order valence-electron chi connectivity index (χ2n) is 6.62. The first-order chi connectivity index (χ1) is 11.3. The molecular weight excluding hydrogens is 394 g/mol.